The molecule has 0 aliphatic carbocycles. The first-order chi connectivity index (χ1) is 11.8. The second-order valence-electron chi connectivity index (χ2n) is 6.18. The number of rotatable bonds is 5. The smallest absolute Gasteiger partial charge is 0.251 e. The van der Waals surface area contributed by atoms with Crippen LogP contribution in [0.15, 0.2) is 42.5 Å². The summed E-state index contributed by atoms with van der Waals surface area (Å²) < 4.78 is 26.7. The molecule has 2 aromatic carbocycles. The number of amides is 2. The first-order valence-corrected chi connectivity index (χ1v) is 7.91. The van der Waals surface area contributed by atoms with Crippen LogP contribution < -0.4 is 10.6 Å². The van der Waals surface area contributed by atoms with E-state index >= 15 is 0 Å². The Hall–Kier alpha value is -2.76. The van der Waals surface area contributed by atoms with Crippen LogP contribution in [0.5, 0.6) is 0 Å². The molecule has 6 heteroatoms. The Morgan fingerprint density at radius 1 is 1.04 bits per heavy atom. The van der Waals surface area contributed by atoms with Crippen molar-refractivity contribution < 1.29 is 18.4 Å². The first kappa shape index (κ1) is 18.6. The van der Waals surface area contributed by atoms with Gasteiger partial charge in [0, 0.05) is 11.6 Å². The van der Waals surface area contributed by atoms with Gasteiger partial charge in [-0.1, -0.05) is 31.5 Å². The average Bonchev–Trinajstić information content (AvgIpc) is 2.54. The van der Waals surface area contributed by atoms with Crippen molar-refractivity contribution in [3.63, 3.8) is 0 Å². The van der Waals surface area contributed by atoms with Gasteiger partial charge in [-0.05, 0) is 37.1 Å². The summed E-state index contributed by atoms with van der Waals surface area (Å²) in [5.41, 5.74) is 1.22. The zero-order valence-corrected chi connectivity index (χ0v) is 14.3. The maximum Gasteiger partial charge on any atom is 0.251 e. The Labute approximate surface area is 145 Å². The van der Waals surface area contributed by atoms with Crippen molar-refractivity contribution in [2.45, 2.75) is 26.8 Å². The Kier molecular flexibility index (Phi) is 5.85. The van der Waals surface area contributed by atoms with Crippen molar-refractivity contribution in [3.8, 4) is 0 Å². The van der Waals surface area contributed by atoms with E-state index in [4.69, 9.17) is 0 Å². The highest BCUT2D eigenvalue weighted by Gasteiger charge is 2.25. The fourth-order valence-electron chi connectivity index (χ4n) is 2.35. The maximum atomic E-state index is 13.7. The molecule has 2 aromatic rings. The van der Waals surface area contributed by atoms with E-state index in [1.54, 1.807) is 32.0 Å². The molecule has 0 aromatic heterocycles. The van der Waals surface area contributed by atoms with Crippen LogP contribution in [0, 0.1) is 24.5 Å². The molecule has 0 saturated carbocycles. The third kappa shape index (κ3) is 4.86. The topological polar surface area (TPSA) is 58.2 Å². The van der Waals surface area contributed by atoms with Gasteiger partial charge in [-0.25, -0.2) is 8.78 Å². The minimum Gasteiger partial charge on any atom is -0.340 e. The van der Waals surface area contributed by atoms with E-state index in [-0.39, 0.29) is 11.6 Å². The van der Waals surface area contributed by atoms with Gasteiger partial charge in [0.25, 0.3) is 5.91 Å². The molecular weight excluding hydrogens is 326 g/mol. The molecule has 0 radical (unpaired) electrons. The maximum absolute atomic E-state index is 13.7. The molecule has 1 unspecified atom stereocenters. The summed E-state index contributed by atoms with van der Waals surface area (Å²) in [5, 5.41) is 5.06. The highest BCUT2D eigenvalue weighted by molar-refractivity contribution is 6.01. The predicted octanol–water partition coefficient (Wildman–Crippen LogP) is 3.67. The molecule has 2 N–H and O–H groups in total. The standard InChI is InChI=1S/C19H20F2N2O2/c1-11(2)17(23-18(24)13-6-4-5-12(3)9-13)19(25)22-16-8-7-14(20)10-15(16)21/h4-11,17H,1-3H3,(H,22,25)(H,23,24). The molecule has 0 aliphatic heterocycles. The van der Waals surface area contributed by atoms with Crippen LogP contribution in [0.25, 0.3) is 0 Å². The first-order valence-electron chi connectivity index (χ1n) is 7.91. The van der Waals surface area contributed by atoms with Crippen molar-refractivity contribution in [2.75, 3.05) is 5.32 Å². The van der Waals surface area contributed by atoms with Crippen LogP contribution in [-0.2, 0) is 4.79 Å². The SMILES string of the molecule is Cc1cccc(C(=O)NC(C(=O)Nc2ccc(F)cc2F)C(C)C)c1. The number of benzene rings is 2. The quantitative estimate of drug-likeness (QED) is 0.868. The van der Waals surface area contributed by atoms with E-state index in [9.17, 15) is 18.4 Å². The van der Waals surface area contributed by atoms with Crippen LogP contribution in [0.1, 0.15) is 29.8 Å². The molecule has 2 rings (SSSR count). The van der Waals surface area contributed by atoms with Crippen molar-refractivity contribution in [2.24, 2.45) is 5.92 Å². The summed E-state index contributed by atoms with van der Waals surface area (Å²) in [7, 11) is 0. The van der Waals surface area contributed by atoms with Crippen molar-refractivity contribution in [1.29, 1.82) is 0 Å². The molecule has 0 heterocycles. The van der Waals surface area contributed by atoms with Gasteiger partial charge in [-0.2, -0.15) is 0 Å². The fourth-order valence-corrected chi connectivity index (χ4v) is 2.35. The molecule has 4 nitrogen and oxygen atoms in total. The summed E-state index contributed by atoms with van der Waals surface area (Å²) in [5.74, 6) is -2.79. The van der Waals surface area contributed by atoms with Crippen LogP contribution >= 0.6 is 0 Å². The lowest BCUT2D eigenvalue weighted by molar-refractivity contribution is -0.118. The van der Waals surface area contributed by atoms with Crippen LogP contribution in [0.3, 0.4) is 0 Å². The van der Waals surface area contributed by atoms with Gasteiger partial charge in [-0.15, -0.1) is 0 Å². The van der Waals surface area contributed by atoms with Crippen molar-refractivity contribution in [3.05, 3.63) is 65.2 Å². The van der Waals surface area contributed by atoms with Gasteiger partial charge in [0.1, 0.15) is 17.7 Å². The summed E-state index contributed by atoms with van der Waals surface area (Å²) in [4.78, 5) is 24.8. The van der Waals surface area contributed by atoms with Gasteiger partial charge < -0.3 is 10.6 Å². The van der Waals surface area contributed by atoms with E-state index in [1.165, 1.54) is 0 Å². The van der Waals surface area contributed by atoms with Gasteiger partial charge in [0.05, 0.1) is 5.69 Å². The number of aryl methyl sites for hydroxylation is 1. The lowest BCUT2D eigenvalue weighted by Crippen LogP contribution is -2.47. The number of halogens is 2. The van der Waals surface area contributed by atoms with Crippen molar-refractivity contribution in [1.82, 2.24) is 5.32 Å². The molecule has 0 bridgehead atoms. The van der Waals surface area contributed by atoms with Crippen LogP contribution in [-0.4, -0.2) is 17.9 Å². The zero-order valence-electron chi connectivity index (χ0n) is 14.3. The molecule has 0 fully saturated rings. The Morgan fingerprint density at radius 2 is 1.76 bits per heavy atom. The third-order valence-corrected chi connectivity index (χ3v) is 3.70. The zero-order chi connectivity index (χ0) is 18.6. The minimum atomic E-state index is -0.874. The van der Waals surface area contributed by atoms with Gasteiger partial charge >= 0.3 is 0 Å². The fraction of sp³-hybridized carbons (Fsp3) is 0.263. The van der Waals surface area contributed by atoms with Crippen LogP contribution in [0.4, 0.5) is 14.5 Å². The molecule has 132 valence electrons. The number of carbonyl (C=O) groups is 2. The van der Waals surface area contributed by atoms with Gasteiger partial charge in [0.2, 0.25) is 5.91 Å². The Bertz CT molecular complexity index is 791. The summed E-state index contributed by atoms with van der Waals surface area (Å²) in [6.07, 6.45) is 0. The molecule has 0 aliphatic rings. The number of hydrogen-bond donors (Lipinski definition) is 2. The van der Waals surface area contributed by atoms with Gasteiger partial charge in [0.15, 0.2) is 0 Å². The van der Waals surface area contributed by atoms with Gasteiger partial charge in [-0.3, -0.25) is 9.59 Å². The van der Waals surface area contributed by atoms with E-state index in [1.807, 2.05) is 13.0 Å². The Morgan fingerprint density at radius 3 is 2.36 bits per heavy atom. The molecule has 0 saturated heterocycles. The number of carbonyl (C=O) groups excluding carboxylic acids is 2. The largest absolute Gasteiger partial charge is 0.340 e. The monoisotopic (exact) mass is 346 g/mol. The molecule has 25 heavy (non-hydrogen) atoms. The normalized spacial score (nSPS) is 11.9. The summed E-state index contributed by atoms with van der Waals surface area (Å²) in [6, 6.07) is 8.99. The summed E-state index contributed by atoms with van der Waals surface area (Å²) in [6.45, 7) is 5.39. The number of hydrogen-bond acceptors (Lipinski definition) is 2. The molecular formula is C19H20F2N2O2. The third-order valence-electron chi connectivity index (χ3n) is 3.70. The van der Waals surface area contributed by atoms with E-state index in [0.29, 0.717) is 11.6 Å². The van der Waals surface area contributed by atoms with Crippen LogP contribution in [0.2, 0.25) is 0 Å². The van der Waals surface area contributed by atoms with E-state index < -0.39 is 29.5 Å². The molecule has 1 atom stereocenters. The highest BCUT2D eigenvalue weighted by atomic mass is 19.1. The summed E-state index contributed by atoms with van der Waals surface area (Å²) >= 11 is 0. The van der Waals surface area contributed by atoms with E-state index in [2.05, 4.69) is 10.6 Å². The molecule has 2 amide bonds. The number of anilines is 1. The Balaban J connectivity index is 2.14. The average molecular weight is 346 g/mol. The highest BCUT2D eigenvalue weighted by Crippen LogP contribution is 2.16. The molecule has 0 spiro atoms. The number of nitrogens with one attached hydrogen (secondary N) is 2. The minimum absolute atomic E-state index is 0.137. The van der Waals surface area contributed by atoms with E-state index in [0.717, 1.165) is 17.7 Å². The second kappa shape index (κ2) is 7.88. The lowest BCUT2D eigenvalue weighted by Gasteiger charge is -2.22. The van der Waals surface area contributed by atoms with Crippen molar-refractivity contribution >= 4 is 17.5 Å². The lowest BCUT2D eigenvalue weighted by atomic mass is 10.0. The second-order valence-corrected chi connectivity index (χ2v) is 6.18. The predicted molar refractivity (Wildman–Crippen MR) is 92.3 cm³/mol.